The number of aromatic nitrogens is 7. The van der Waals surface area contributed by atoms with Gasteiger partial charge in [-0.3, -0.25) is 9.48 Å². The highest BCUT2D eigenvalue weighted by atomic mass is 16.6. The van der Waals surface area contributed by atoms with Gasteiger partial charge in [-0.05, 0) is 70.0 Å². The molecule has 13 heteroatoms. The molecule has 1 aliphatic heterocycles. The van der Waals surface area contributed by atoms with Crippen molar-refractivity contribution in [3.05, 3.63) is 78.1 Å². The van der Waals surface area contributed by atoms with Crippen molar-refractivity contribution in [2.45, 2.75) is 52.9 Å². The number of hydrogen-bond donors (Lipinski definition) is 1. The number of hydrogen-bond acceptors (Lipinski definition) is 8. The van der Waals surface area contributed by atoms with E-state index in [-0.39, 0.29) is 18.1 Å². The number of amides is 2. The number of carbonyl (C=O) groups excluding carboxylic acids is 2. The normalized spacial score (nSPS) is 15.5. The van der Waals surface area contributed by atoms with Gasteiger partial charge in [0.1, 0.15) is 5.60 Å². The number of anilines is 1. The maximum absolute atomic E-state index is 13.4. The lowest BCUT2D eigenvalue weighted by molar-refractivity contribution is -0.0483. The summed E-state index contributed by atoms with van der Waals surface area (Å²) in [4.78, 5) is 29.2. The van der Waals surface area contributed by atoms with Crippen LogP contribution < -0.4 is 5.32 Å². The molecule has 13 nitrogen and oxygen atoms in total. The maximum Gasteiger partial charge on any atom is 0.410 e. The molecule has 0 unspecified atom stereocenters. The number of nitrogens with zero attached hydrogens (tertiary/aromatic N) is 8. The first kappa shape index (κ1) is 29.1. The fraction of sp³-hybridized carbons (Fsp3) is 0.355. The fourth-order valence-corrected chi connectivity index (χ4v) is 5.00. The predicted octanol–water partition coefficient (Wildman–Crippen LogP) is 4.28. The molecule has 0 bridgehead atoms. The highest BCUT2D eigenvalue weighted by molar-refractivity contribution is 6.09. The number of rotatable bonds is 6. The molecule has 2 amide bonds. The van der Waals surface area contributed by atoms with Crippen LogP contribution in [0.25, 0.3) is 22.3 Å². The average Bonchev–Trinajstić information content (AvgIpc) is 3.73. The summed E-state index contributed by atoms with van der Waals surface area (Å²) < 4.78 is 14.9. The van der Waals surface area contributed by atoms with Crippen LogP contribution in [0.15, 0.2) is 61.3 Å². The first-order valence-electron chi connectivity index (χ1n) is 14.4. The second kappa shape index (κ2) is 11.6. The van der Waals surface area contributed by atoms with E-state index >= 15 is 0 Å². The molecule has 1 fully saturated rings. The lowest BCUT2D eigenvalue weighted by Crippen LogP contribution is -2.48. The third-order valence-electron chi connectivity index (χ3n) is 7.22. The Labute approximate surface area is 254 Å². The first-order chi connectivity index (χ1) is 21.0. The van der Waals surface area contributed by atoms with Gasteiger partial charge in [0.15, 0.2) is 0 Å². The van der Waals surface area contributed by atoms with Crippen molar-refractivity contribution in [3.63, 3.8) is 0 Å². The lowest BCUT2D eigenvalue weighted by Gasteiger charge is -2.34. The van der Waals surface area contributed by atoms with Gasteiger partial charge >= 0.3 is 6.09 Å². The van der Waals surface area contributed by atoms with Gasteiger partial charge in [-0.25, -0.2) is 9.31 Å². The minimum Gasteiger partial charge on any atom is -0.444 e. The average molecular weight is 598 g/mol. The fourth-order valence-electron chi connectivity index (χ4n) is 5.00. The molecule has 0 radical (unpaired) electrons. The third kappa shape index (κ3) is 6.32. The van der Waals surface area contributed by atoms with E-state index in [1.54, 1.807) is 32.7 Å². The van der Waals surface area contributed by atoms with E-state index in [1.165, 1.54) is 4.80 Å². The molecule has 6 rings (SSSR count). The van der Waals surface area contributed by atoms with Crippen LogP contribution in [0.1, 0.15) is 42.4 Å². The Hall–Kier alpha value is -5.04. The number of fused-ring (bicyclic) bond motifs is 1. The van der Waals surface area contributed by atoms with Crippen molar-refractivity contribution in [2.24, 2.45) is 0 Å². The third-order valence-corrected chi connectivity index (χ3v) is 7.22. The van der Waals surface area contributed by atoms with Crippen LogP contribution in [0.5, 0.6) is 0 Å². The number of morpholine rings is 1. The van der Waals surface area contributed by atoms with E-state index in [9.17, 15) is 9.59 Å². The van der Waals surface area contributed by atoms with Crippen LogP contribution in [0, 0.1) is 13.8 Å². The molecule has 5 heterocycles. The number of nitrogens with one attached hydrogen (secondary N) is 1. The zero-order chi connectivity index (χ0) is 31.0. The maximum atomic E-state index is 13.4. The van der Waals surface area contributed by atoms with Crippen LogP contribution in [0.3, 0.4) is 0 Å². The molecule has 5 aromatic rings. The number of pyridine rings is 1. The van der Waals surface area contributed by atoms with Gasteiger partial charge in [0, 0.05) is 30.2 Å². The van der Waals surface area contributed by atoms with Crippen molar-refractivity contribution in [1.82, 2.24) is 39.3 Å². The molecule has 1 atom stereocenters. The first-order valence-corrected chi connectivity index (χ1v) is 14.4. The van der Waals surface area contributed by atoms with Gasteiger partial charge in [-0.2, -0.15) is 25.2 Å². The molecular formula is C31H35N9O4. The van der Waals surface area contributed by atoms with Gasteiger partial charge in [0.25, 0.3) is 5.91 Å². The van der Waals surface area contributed by atoms with Gasteiger partial charge in [-0.15, -0.1) is 0 Å². The second-order valence-corrected chi connectivity index (χ2v) is 11.9. The molecule has 1 saturated heterocycles. The summed E-state index contributed by atoms with van der Waals surface area (Å²) in [5, 5.41) is 20.6. The van der Waals surface area contributed by atoms with Crippen LogP contribution >= 0.6 is 0 Å². The van der Waals surface area contributed by atoms with Gasteiger partial charge in [0.05, 0.1) is 66.9 Å². The second-order valence-electron chi connectivity index (χ2n) is 11.9. The molecule has 4 aromatic heterocycles. The zero-order valence-corrected chi connectivity index (χ0v) is 25.4. The Morgan fingerprint density at radius 1 is 1.05 bits per heavy atom. The largest absolute Gasteiger partial charge is 0.444 e. The van der Waals surface area contributed by atoms with E-state index in [0.29, 0.717) is 43.0 Å². The Morgan fingerprint density at radius 3 is 2.66 bits per heavy atom. The molecule has 1 aliphatic rings. The van der Waals surface area contributed by atoms with Crippen molar-refractivity contribution in [2.75, 3.05) is 25.0 Å². The Balaban J connectivity index is 1.17. The van der Waals surface area contributed by atoms with Gasteiger partial charge in [-0.1, -0.05) is 6.07 Å². The standard InChI is InChI=1S/C31H35N9O4/c1-20-6-7-24(40-34-14-21(2)36-40)13-27(20)35-29(41)26-16-33-39-9-8-22(12-28(26)39)23-15-32-38(17-23)19-25-18-37(10-11-43-25)30(42)44-31(3,4)5/h6-9,12-17,25H,10-11,18-19H2,1-5H3,(H,35,41)/t25-/m0/s1. The predicted molar refractivity (Wildman–Crippen MR) is 163 cm³/mol. The van der Waals surface area contributed by atoms with Gasteiger partial charge < -0.3 is 19.7 Å². The smallest absolute Gasteiger partial charge is 0.410 e. The minimum absolute atomic E-state index is 0.216. The molecule has 1 aromatic carbocycles. The molecule has 0 aliphatic carbocycles. The topological polar surface area (TPSA) is 134 Å². The summed E-state index contributed by atoms with van der Waals surface area (Å²) in [6, 6.07) is 9.52. The summed E-state index contributed by atoms with van der Waals surface area (Å²) >= 11 is 0. The molecule has 0 saturated carbocycles. The highest BCUT2D eigenvalue weighted by Crippen LogP contribution is 2.25. The minimum atomic E-state index is -0.555. The lowest BCUT2D eigenvalue weighted by atomic mass is 10.1. The summed E-state index contributed by atoms with van der Waals surface area (Å²) in [7, 11) is 0. The van der Waals surface area contributed by atoms with E-state index in [1.807, 2.05) is 77.3 Å². The van der Waals surface area contributed by atoms with Crippen LogP contribution in [-0.4, -0.2) is 82.7 Å². The summed E-state index contributed by atoms with van der Waals surface area (Å²) in [6.07, 6.45) is 8.21. The molecule has 44 heavy (non-hydrogen) atoms. The molecular weight excluding hydrogens is 562 g/mol. The quantitative estimate of drug-likeness (QED) is 0.307. The molecule has 1 N–H and O–H groups in total. The summed E-state index contributed by atoms with van der Waals surface area (Å²) in [5.41, 5.74) is 5.43. The van der Waals surface area contributed by atoms with Crippen molar-refractivity contribution in [1.29, 1.82) is 0 Å². The van der Waals surface area contributed by atoms with Crippen molar-refractivity contribution >= 4 is 23.2 Å². The van der Waals surface area contributed by atoms with Crippen LogP contribution in [0.4, 0.5) is 10.5 Å². The molecule has 228 valence electrons. The number of aryl methyl sites for hydroxylation is 2. The Bertz CT molecular complexity index is 1830. The molecule has 0 spiro atoms. The number of ether oxygens (including phenoxy) is 2. The zero-order valence-electron chi connectivity index (χ0n) is 25.4. The highest BCUT2D eigenvalue weighted by Gasteiger charge is 2.28. The van der Waals surface area contributed by atoms with Crippen molar-refractivity contribution in [3.8, 4) is 16.8 Å². The van der Waals surface area contributed by atoms with E-state index in [0.717, 1.165) is 28.1 Å². The van der Waals surface area contributed by atoms with E-state index in [2.05, 4.69) is 25.7 Å². The van der Waals surface area contributed by atoms with Crippen molar-refractivity contribution < 1.29 is 19.1 Å². The number of carbonyl (C=O) groups is 2. The van der Waals surface area contributed by atoms with Crippen LogP contribution in [0.2, 0.25) is 0 Å². The summed E-state index contributed by atoms with van der Waals surface area (Å²) in [5.74, 6) is -0.276. The Morgan fingerprint density at radius 2 is 1.89 bits per heavy atom. The SMILES string of the molecule is Cc1cnn(-c2ccc(C)c(NC(=O)c3cnn4ccc(-c5cnn(C[C@@H]6CN(C(=O)OC(C)(C)C)CCO6)c5)cc34)c2)n1. The number of benzene rings is 1. The monoisotopic (exact) mass is 597 g/mol. The Kier molecular flexibility index (Phi) is 7.64. The summed E-state index contributed by atoms with van der Waals surface area (Å²) in [6.45, 7) is 11.2. The van der Waals surface area contributed by atoms with Crippen LogP contribution in [-0.2, 0) is 16.0 Å². The van der Waals surface area contributed by atoms with E-state index < -0.39 is 5.60 Å². The van der Waals surface area contributed by atoms with Gasteiger partial charge in [0.2, 0.25) is 0 Å². The van der Waals surface area contributed by atoms with E-state index in [4.69, 9.17) is 9.47 Å².